The van der Waals surface area contributed by atoms with Crippen molar-refractivity contribution in [3.63, 3.8) is 0 Å². The van der Waals surface area contributed by atoms with E-state index < -0.39 is 5.41 Å². The Bertz CT molecular complexity index is 1170. The van der Waals surface area contributed by atoms with Crippen molar-refractivity contribution in [2.24, 2.45) is 44.8 Å². The number of fused-ring (bicyclic) bond motifs is 8. The molecule has 1 aromatic heterocycles. The van der Waals surface area contributed by atoms with Gasteiger partial charge in [-0.05, 0) is 90.8 Å². The molecule has 2 unspecified atom stereocenters. The Kier molecular flexibility index (Phi) is 5.47. The molecular formula is C32H48N2O4. The number of carbonyl (C=O) groups is 2. The first-order valence-electron chi connectivity index (χ1n) is 15.0. The molecule has 1 saturated heterocycles. The summed E-state index contributed by atoms with van der Waals surface area (Å²) in [6.07, 6.45) is 10.2. The number of amides is 1. The molecule has 6 heteroatoms. The molecule has 4 aliphatic carbocycles. The first-order chi connectivity index (χ1) is 17.6. The number of hydrogen-bond donors (Lipinski definition) is 1. The van der Waals surface area contributed by atoms with Crippen molar-refractivity contribution in [2.45, 2.75) is 118 Å². The summed E-state index contributed by atoms with van der Waals surface area (Å²) in [7, 11) is 1.54. The number of aromatic nitrogens is 1. The zero-order valence-corrected chi connectivity index (χ0v) is 24.8. The Hall–Kier alpha value is -1.85. The summed E-state index contributed by atoms with van der Waals surface area (Å²) in [4.78, 5) is 27.5. The molecule has 6 nitrogen and oxygen atoms in total. The third kappa shape index (κ3) is 3.15. The number of rotatable bonds is 1. The molecule has 1 aromatic rings. The van der Waals surface area contributed by atoms with Crippen molar-refractivity contribution in [1.29, 1.82) is 0 Å². The van der Waals surface area contributed by atoms with Gasteiger partial charge in [0.15, 0.2) is 0 Å². The van der Waals surface area contributed by atoms with Crippen LogP contribution in [-0.4, -0.2) is 30.2 Å². The minimum Gasteiger partial charge on any atom is -0.469 e. The second kappa shape index (κ2) is 7.87. The lowest BCUT2D eigenvalue weighted by molar-refractivity contribution is -0.197. The van der Waals surface area contributed by atoms with Gasteiger partial charge in [-0.2, -0.15) is 0 Å². The number of nitrogens with one attached hydrogen (secondary N) is 1. The molecule has 0 radical (unpaired) electrons. The minimum atomic E-state index is -0.497. The highest BCUT2D eigenvalue weighted by Crippen LogP contribution is 2.73. The highest BCUT2D eigenvalue weighted by atomic mass is 16.5. The van der Waals surface area contributed by atoms with Gasteiger partial charge in [-0.25, -0.2) is 0 Å². The third-order valence-electron chi connectivity index (χ3n) is 13.5. The lowest BCUT2D eigenvalue weighted by Crippen LogP contribution is -2.68. The molecule has 38 heavy (non-hydrogen) atoms. The largest absolute Gasteiger partial charge is 0.469 e. The highest BCUT2D eigenvalue weighted by molar-refractivity contribution is 5.80. The van der Waals surface area contributed by atoms with E-state index in [1.165, 1.54) is 12.7 Å². The van der Waals surface area contributed by atoms with Gasteiger partial charge >= 0.3 is 5.97 Å². The molecule has 2 heterocycles. The zero-order valence-electron chi connectivity index (χ0n) is 24.8. The van der Waals surface area contributed by atoms with Crippen LogP contribution in [0.15, 0.2) is 10.7 Å². The van der Waals surface area contributed by atoms with Crippen molar-refractivity contribution in [3.05, 3.63) is 17.5 Å². The Morgan fingerprint density at radius 2 is 1.71 bits per heavy atom. The monoisotopic (exact) mass is 524 g/mol. The van der Waals surface area contributed by atoms with E-state index in [0.717, 1.165) is 57.1 Å². The van der Waals surface area contributed by atoms with Crippen molar-refractivity contribution < 1.29 is 18.8 Å². The first-order valence-corrected chi connectivity index (χ1v) is 15.0. The van der Waals surface area contributed by atoms with E-state index in [2.05, 4.69) is 58.9 Å². The molecule has 210 valence electrons. The Labute approximate surface area is 228 Å². The average molecular weight is 525 g/mol. The number of nitrogens with zero attached hydrogens (tertiary/aromatic N) is 1. The summed E-state index contributed by atoms with van der Waals surface area (Å²) in [6, 6.07) is -0.0275. The van der Waals surface area contributed by atoms with Crippen molar-refractivity contribution in [3.8, 4) is 0 Å². The van der Waals surface area contributed by atoms with Gasteiger partial charge in [0.25, 0.3) is 0 Å². The second-order valence-electron chi connectivity index (χ2n) is 15.9. The summed E-state index contributed by atoms with van der Waals surface area (Å²) in [5.41, 5.74) is 0.564. The fraction of sp³-hybridized carbons (Fsp3) is 0.844. The topological polar surface area (TPSA) is 81.4 Å². The predicted octanol–water partition coefficient (Wildman–Crippen LogP) is 6.22. The lowest BCUT2D eigenvalue weighted by Gasteiger charge is -2.68. The van der Waals surface area contributed by atoms with Crippen LogP contribution in [0.25, 0.3) is 0 Å². The van der Waals surface area contributed by atoms with E-state index in [-0.39, 0.29) is 56.8 Å². The van der Waals surface area contributed by atoms with E-state index >= 15 is 0 Å². The van der Waals surface area contributed by atoms with Crippen LogP contribution in [0.1, 0.15) is 111 Å². The Morgan fingerprint density at radius 1 is 1.00 bits per heavy atom. The van der Waals surface area contributed by atoms with Crippen molar-refractivity contribution >= 4 is 11.9 Å². The fourth-order valence-electron chi connectivity index (χ4n) is 11.3. The van der Waals surface area contributed by atoms with E-state index in [1.54, 1.807) is 0 Å². The van der Waals surface area contributed by atoms with Crippen LogP contribution < -0.4 is 5.32 Å². The molecule has 1 amide bonds. The Morgan fingerprint density at radius 3 is 2.42 bits per heavy atom. The second-order valence-corrected chi connectivity index (χ2v) is 15.9. The average Bonchev–Trinajstić information content (AvgIpc) is 3.28. The van der Waals surface area contributed by atoms with Gasteiger partial charge in [0, 0.05) is 23.4 Å². The maximum Gasteiger partial charge on any atom is 0.312 e. The van der Waals surface area contributed by atoms with Crippen LogP contribution in [0.3, 0.4) is 0 Å². The van der Waals surface area contributed by atoms with Gasteiger partial charge in [-0.3, -0.25) is 9.59 Å². The molecule has 0 bridgehead atoms. The fourth-order valence-corrected chi connectivity index (χ4v) is 11.3. The molecule has 5 aliphatic rings. The number of ether oxygens (including phenoxy) is 1. The molecule has 4 fully saturated rings. The molecule has 8 atom stereocenters. The summed E-state index contributed by atoms with van der Waals surface area (Å²) < 4.78 is 11.3. The summed E-state index contributed by atoms with van der Waals surface area (Å²) in [5, 5.41) is 7.83. The third-order valence-corrected chi connectivity index (χ3v) is 13.5. The predicted molar refractivity (Wildman–Crippen MR) is 145 cm³/mol. The molecule has 6 rings (SSSR count). The van der Waals surface area contributed by atoms with Crippen LogP contribution in [0.5, 0.6) is 0 Å². The number of hydrogen-bond acceptors (Lipinski definition) is 5. The molecule has 0 aromatic carbocycles. The van der Waals surface area contributed by atoms with Gasteiger partial charge in [0.05, 0.1) is 18.7 Å². The quantitative estimate of drug-likeness (QED) is 0.441. The van der Waals surface area contributed by atoms with E-state index in [1.807, 2.05) is 6.20 Å². The highest BCUT2D eigenvalue weighted by Gasteiger charge is 2.71. The van der Waals surface area contributed by atoms with Crippen LogP contribution in [0.2, 0.25) is 0 Å². The van der Waals surface area contributed by atoms with Crippen LogP contribution in [0, 0.1) is 44.8 Å². The number of esters is 1. The van der Waals surface area contributed by atoms with Crippen LogP contribution in [0.4, 0.5) is 0 Å². The minimum absolute atomic E-state index is 0.0275. The molecular weight excluding hydrogens is 476 g/mol. The maximum atomic E-state index is 14.0. The first kappa shape index (κ1) is 26.4. The van der Waals surface area contributed by atoms with E-state index in [9.17, 15) is 9.59 Å². The normalized spacial score (nSPS) is 46.7. The van der Waals surface area contributed by atoms with Gasteiger partial charge in [-0.1, -0.05) is 53.6 Å². The van der Waals surface area contributed by atoms with Crippen molar-refractivity contribution in [1.82, 2.24) is 10.5 Å². The smallest absolute Gasteiger partial charge is 0.312 e. The number of methoxy groups -OCH3 is 1. The van der Waals surface area contributed by atoms with E-state index in [4.69, 9.17) is 9.26 Å². The summed E-state index contributed by atoms with van der Waals surface area (Å²) >= 11 is 0. The lowest BCUT2D eigenvalue weighted by atomic mass is 9.36. The number of carbonyl (C=O) groups excluding carboxylic acids is 2. The van der Waals surface area contributed by atoms with E-state index in [0.29, 0.717) is 12.3 Å². The van der Waals surface area contributed by atoms with Crippen LogP contribution >= 0.6 is 0 Å². The van der Waals surface area contributed by atoms with Crippen molar-refractivity contribution in [2.75, 3.05) is 7.11 Å². The van der Waals surface area contributed by atoms with Gasteiger partial charge in [0.2, 0.25) is 5.91 Å². The van der Waals surface area contributed by atoms with Gasteiger partial charge in [-0.15, -0.1) is 0 Å². The molecule has 1 aliphatic heterocycles. The van der Waals surface area contributed by atoms with Gasteiger partial charge < -0.3 is 14.6 Å². The summed E-state index contributed by atoms with van der Waals surface area (Å²) in [6.45, 7) is 16.7. The zero-order chi connectivity index (χ0) is 27.5. The molecule has 0 spiro atoms. The van der Waals surface area contributed by atoms with Gasteiger partial charge in [0.1, 0.15) is 5.76 Å². The molecule has 3 saturated carbocycles. The Balaban J connectivity index is 1.48. The summed E-state index contributed by atoms with van der Waals surface area (Å²) in [5.74, 6) is 1.89. The van der Waals surface area contributed by atoms with Crippen LogP contribution in [-0.2, 0) is 26.2 Å². The SMILES string of the molecule is COC(=O)C12CCC(C)(C)C[C@H]1[C@H]1NC(=O)C[C@@H]3[C@@]4(C)Cc5cnoc5C(C)(C)C4CC[C@@]3(C)[C@]1(C)CC2. The maximum absolute atomic E-state index is 14.0. The standard InChI is InChI=1S/C32H48N2O4/c1-27(2)11-13-32(26(36)37-8)14-12-31(7)24(20(32)17-27)34-23(35)15-22-29(5)16-19-18-33-38-25(19)28(3,4)21(29)9-10-30(22,31)6/h18,20-22,24H,9-17H2,1-8H3,(H,34,35)/t20-,21?,22+,24+,29-,30+,31+,32?/m0/s1. The molecule has 1 N–H and O–H groups in total.